The summed E-state index contributed by atoms with van der Waals surface area (Å²) in [6.07, 6.45) is 3.86. The fourth-order valence-corrected chi connectivity index (χ4v) is 4.08. The smallest absolute Gasteiger partial charge is 0.134 e. The molecule has 3 aromatic rings. The van der Waals surface area contributed by atoms with Crippen molar-refractivity contribution in [2.75, 3.05) is 29.9 Å². The number of aliphatic hydroxyl groups is 1. The van der Waals surface area contributed by atoms with Crippen molar-refractivity contribution in [1.29, 1.82) is 0 Å². The number of ether oxygens (including phenoxy) is 1. The van der Waals surface area contributed by atoms with Crippen molar-refractivity contribution in [2.45, 2.75) is 39.3 Å². The standard InChI is InChI=1S/C24H30N4O2/c1-17(2)30-22-10-9-19-7-3-4-8-20(19)21(22)13-25-23-12-24(27-16-26-23)28-11-5-6-18(14-28)15-29/h3-4,7-10,12,16-18,29H,5-6,11,13-15H2,1-2H3,(H,25,26,27). The summed E-state index contributed by atoms with van der Waals surface area (Å²) in [5.74, 6) is 2.90. The zero-order valence-electron chi connectivity index (χ0n) is 17.7. The molecule has 0 saturated carbocycles. The first kappa shape index (κ1) is 20.4. The van der Waals surface area contributed by atoms with E-state index < -0.39 is 0 Å². The first-order valence-electron chi connectivity index (χ1n) is 10.7. The van der Waals surface area contributed by atoms with Crippen molar-refractivity contribution in [3.8, 4) is 5.75 Å². The van der Waals surface area contributed by atoms with Gasteiger partial charge in [-0.3, -0.25) is 0 Å². The van der Waals surface area contributed by atoms with Gasteiger partial charge in [0.05, 0.1) is 6.10 Å². The lowest BCUT2D eigenvalue weighted by Crippen LogP contribution is -2.37. The van der Waals surface area contributed by atoms with Gasteiger partial charge in [0.2, 0.25) is 0 Å². The molecule has 2 heterocycles. The molecule has 1 saturated heterocycles. The van der Waals surface area contributed by atoms with E-state index >= 15 is 0 Å². The fraction of sp³-hybridized carbons (Fsp3) is 0.417. The molecule has 1 unspecified atom stereocenters. The molecule has 1 atom stereocenters. The summed E-state index contributed by atoms with van der Waals surface area (Å²) in [4.78, 5) is 11.1. The molecule has 1 aromatic heterocycles. The largest absolute Gasteiger partial charge is 0.491 e. The van der Waals surface area contributed by atoms with E-state index in [1.165, 1.54) is 10.8 Å². The van der Waals surface area contributed by atoms with Gasteiger partial charge in [0, 0.05) is 37.9 Å². The number of hydrogen-bond acceptors (Lipinski definition) is 6. The summed E-state index contributed by atoms with van der Waals surface area (Å²) >= 11 is 0. The van der Waals surface area contributed by atoms with Crippen molar-refractivity contribution in [2.24, 2.45) is 5.92 Å². The molecule has 1 aliphatic heterocycles. The van der Waals surface area contributed by atoms with Gasteiger partial charge in [0.25, 0.3) is 0 Å². The number of hydrogen-bond donors (Lipinski definition) is 2. The average Bonchev–Trinajstić information content (AvgIpc) is 2.78. The number of fused-ring (bicyclic) bond motifs is 1. The third-order valence-corrected chi connectivity index (χ3v) is 5.56. The monoisotopic (exact) mass is 406 g/mol. The summed E-state index contributed by atoms with van der Waals surface area (Å²) in [7, 11) is 0. The minimum atomic E-state index is 0.106. The Hall–Kier alpha value is -2.86. The Labute approximate surface area is 177 Å². The molecule has 6 heteroatoms. The van der Waals surface area contributed by atoms with Crippen LogP contribution in [0.15, 0.2) is 48.8 Å². The number of piperidine rings is 1. The summed E-state index contributed by atoms with van der Waals surface area (Å²) < 4.78 is 6.08. The first-order chi connectivity index (χ1) is 14.6. The number of nitrogens with zero attached hydrogens (tertiary/aromatic N) is 3. The predicted octanol–water partition coefficient (Wildman–Crippen LogP) is 4.24. The van der Waals surface area contributed by atoms with Crippen molar-refractivity contribution in [1.82, 2.24) is 9.97 Å². The van der Waals surface area contributed by atoms with Crippen LogP contribution in [0.2, 0.25) is 0 Å². The molecule has 2 N–H and O–H groups in total. The lowest BCUT2D eigenvalue weighted by Gasteiger charge is -2.32. The molecule has 4 rings (SSSR count). The Bertz CT molecular complexity index is 992. The minimum Gasteiger partial charge on any atom is -0.491 e. The van der Waals surface area contributed by atoms with Crippen molar-refractivity contribution in [3.05, 3.63) is 54.4 Å². The fourth-order valence-electron chi connectivity index (χ4n) is 4.08. The number of aromatic nitrogens is 2. The second-order valence-corrected chi connectivity index (χ2v) is 8.18. The van der Waals surface area contributed by atoms with Gasteiger partial charge < -0.3 is 20.1 Å². The second-order valence-electron chi connectivity index (χ2n) is 8.18. The maximum Gasteiger partial charge on any atom is 0.134 e. The number of benzene rings is 2. The van der Waals surface area contributed by atoms with E-state index in [4.69, 9.17) is 4.74 Å². The van der Waals surface area contributed by atoms with Crippen LogP contribution in [0, 0.1) is 5.92 Å². The van der Waals surface area contributed by atoms with E-state index in [0.717, 1.165) is 48.9 Å². The molecule has 0 aliphatic carbocycles. The van der Waals surface area contributed by atoms with Gasteiger partial charge in [0.1, 0.15) is 23.7 Å². The maximum absolute atomic E-state index is 9.51. The third-order valence-electron chi connectivity index (χ3n) is 5.56. The van der Waals surface area contributed by atoms with Crippen LogP contribution in [-0.4, -0.2) is 40.9 Å². The van der Waals surface area contributed by atoms with Gasteiger partial charge >= 0.3 is 0 Å². The molecule has 158 valence electrons. The van der Waals surface area contributed by atoms with E-state index in [0.29, 0.717) is 12.5 Å². The van der Waals surface area contributed by atoms with Gasteiger partial charge in [-0.15, -0.1) is 0 Å². The van der Waals surface area contributed by atoms with E-state index in [-0.39, 0.29) is 12.7 Å². The molecule has 2 aromatic carbocycles. The topological polar surface area (TPSA) is 70.5 Å². The van der Waals surface area contributed by atoms with Crippen LogP contribution in [-0.2, 0) is 6.54 Å². The summed E-state index contributed by atoms with van der Waals surface area (Å²) in [5.41, 5.74) is 1.13. The van der Waals surface area contributed by atoms with Gasteiger partial charge in [-0.05, 0) is 49.4 Å². The third kappa shape index (κ3) is 4.65. The summed E-state index contributed by atoms with van der Waals surface area (Å²) in [6.45, 7) is 6.72. The molecule has 30 heavy (non-hydrogen) atoms. The van der Waals surface area contributed by atoms with E-state index in [1.54, 1.807) is 6.33 Å². The van der Waals surface area contributed by atoms with Crippen LogP contribution in [0.5, 0.6) is 5.75 Å². The molecule has 6 nitrogen and oxygen atoms in total. The highest BCUT2D eigenvalue weighted by molar-refractivity contribution is 5.88. The van der Waals surface area contributed by atoms with E-state index in [9.17, 15) is 5.11 Å². The molecule has 1 aliphatic rings. The zero-order valence-corrected chi connectivity index (χ0v) is 17.7. The van der Waals surface area contributed by atoms with Crippen LogP contribution < -0.4 is 15.0 Å². The van der Waals surface area contributed by atoms with Gasteiger partial charge in [-0.2, -0.15) is 0 Å². The van der Waals surface area contributed by atoms with Crippen LogP contribution in [0.25, 0.3) is 10.8 Å². The van der Waals surface area contributed by atoms with Gasteiger partial charge in [-0.1, -0.05) is 30.3 Å². The Kier molecular flexibility index (Phi) is 6.33. The number of aliphatic hydroxyl groups excluding tert-OH is 1. The summed E-state index contributed by atoms with van der Waals surface area (Å²) in [5, 5.41) is 15.3. The average molecular weight is 407 g/mol. The maximum atomic E-state index is 9.51. The van der Waals surface area contributed by atoms with Crippen molar-refractivity contribution >= 4 is 22.4 Å². The second kappa shape index (κ2) is 9.30. The Balaban J connectivity index is 1.55. The van der Waals surface area contributed by atoms with Crippen LogP contribution in [0.1, 0.15) is 32.3 Å². The normalized spacial score (nSPS) is 16.8. The lowest BCUT2D eigenvalue weighted by molar-refractivity contribution is 0.208. The Morgan fingerprint density at radius 3 is 2.90 bits per heavy atom. The Morgan fingerprint density at radius 2 is 2.07 bits per heavy atom. The number of rotatable bonds is 7. The van der Waals surface area contributed by atoms with Crippen LogP contribution in [0.4, 0.5) is 11.6 Å². The van der Waals surface area contributed by atoms with Crippen LogP contribution >= 0.6 is 0 Å². The summed E-state index contributed by atoms with van der Waals surface area (Å²) in [6, 6.07) is 14.5. The SMILES string of the molecule is CC(C)Oc1ccc2ccccc2c1CNc1cc(N2CCCC(CO)C2)ncn1. The predicted molar refractivity (Wildman–Crippen MR) is 121 cm³/mol. The quantitative estimate of drug-likeness (QED) is 0.612. The first-order valence-corrected chi connectivity index (χ1v) is 10.7. The van der Waals surface area contributed by atoms with Crippen molar-refractivity contribution < 1.29 is 9.84 Å². The highest BCUT2D eigenvalue weighted by Crippen LogP contribution is 2.30. The number of nitrogens with one attached hydrogen (secondary N) is 1. The lowest BCUT2D eigenvalue weighted by atomic mass is 9.99. The molecule has 0 amide bonds. The Morgan fingerprint density at radius 1 is 1.20 bits per heavy atom. The molecular formula is C24H30N4O2. The minimum absolute atomic E-state index is 0.106. The molecule has 1 fully saturated rings. The number of anilines is 2. The van der Waals surface area contributed by atoms with Gasteiger partial charge in [-0.25, -0.2) is 9.97 Å². The molecule has 0 radical (unpaired) electrons. The van der Waals surface area contributed by atoms with Gasteiger partial charge in [0.15, 0.2) is 0 Å². The van der Waals surface area contributed by atoms with E-state index in [1.807, 2.05) is 26.0 Å². The molecule has 0 spiro atoms. The van der Waals surface area contributed by atoms with Crippen LogP contribution in [0.3, 0.4) is 0 Å². The molecular weight excluding hydrogens is 376 g/mol. The highest BCUT2D eigenvalue weighted by Gasteiger charge is 2.20. The zero-order chi connectivity index (χ0) is 20.9. The highest BCUT2D eigenvalue weighted by atomic mass is 16.5. The van der Waals surface area contributed by atoms with E-state index in [2.05, 4.69) is 50.5 Å². The molecule has 0 bridgehead atoms. The van der Waals surface area contributed by atoms with Crippen molar-refractivity contribution in [3.63, 3.8) is 0 Å².